The Hall–Kier alpha value is -1.73. The predicted octanol–water partition coefficient (Wildman–Crippen LogP) is 2.80. The van der Waals surface area contributed by atoms with Crippen LogP contribution in [0, 0.1) is 13.8 Å². The topological polar surface area (TPSA) is 60.2 Å². The number of hydrogen-bond donors (Lipinski definition) is 0. The fourth-order valence-corrected chi connectivity index (χ4v) is 4.00. The number of methoxy groups -OCH3 is 1. The number of piperidine rings is 1. The minimum absolute atomic E-state index is 0.0276. The second kappa shape index (κ2) is 7.44. The molecule has 0 unspecified atom stereocenters. The van der Waals surface area contributed by atoms with E-state index in [1.807, 2.05) is 21.9 Å². The number of rotatable bonds is 5. The third kappa shape index (κ3) is 3.67. The average Bonchev–Trinajstić information content (AvgIpc) is 3.14. The highest BCUT2D eigenvalue weighted by Gasteiger charge is 2.29. The molecule has 1 amide bonds. The highest BCUT2D eigenvalue weighted by molar-refractivity contribution is 7.09. The van der Waals surface area contributed by atoms with Gasteiger partial charge < -0.3 is 9.64 Å². The molecule has 0 saturated carbocycles. The zero-order valence-corrected chi connectivity index (χ0v) is 15.3. The number of aryl methyl sites for hydroxylation is 2. The summed E-state index contributed by atoms with van der Waals surface area (Å²) in [6.45, 7) is 6.06. The summed E-state index contributed by atoms with van der Waals surface area (Å²) in [5.74, 6) is 0.0276. The number of ether oxygens (including phenoxy) is 1. The van der Waals surface area contributed by atoms with Crippen molar-refractivity contribution in [2.45, 2.75) is 52.3 Å². The normalized spacial score (nSPS) is 18.1. The van der Waals surface area contributed by atoms with Crippen LogP contribution in [0.15, 0.2) is 11.4 Å². The smallest absolute Gasteiger partial charge is 0.273 e. The summed E-state index contributed by atoms with van der Waals surface area (Å²) >= 11 is 1.48. The van der Waals surface area contributed by atoms with Gasteiger partial charge in [0, 0.05) is 24.7 Å². The third-order valence-electron chi connectivity index (χ3n) is 4.41. The van der Waals surface area contributed by atoms with Crippen molar-refractivity contribution in [1.82, 2.24) is 19.7 Å². The molecule has 7 heteroatoms. The summed E-state index contributed by atoms with van der Waals surface area (Å²) in [5, 5.41) is 7.23. The van der Waals surface area contributed by atoms with Crippen LogP contribution in [0.1, 0.15) is 46.1 Å². The molecule has 2 aromatic heterocycles. The molecule has 6 nitrogen and oxygen atoms in total. The maximum absolute atomic E-state index is 12.9. The van der Waals surface area contributed by atoms with Crippen molar-refractivity contribution in [2.24, 2.45) is 0 Å². The van der Waals surface area contributed by atoms with Gasteiger partial charge in [0.05, 0.1) is 24.9 Å². The molecule has 1 aliphatic rings. The van der Waals surface area contributed by atoms with E-state index >= 15 is 0 Å². The van der Waals surface area contributed by atoms with Crippen molar-refractivity contribution in [3.63, 3.8) is 0 Å². The molecule has 0 N–H and O–H groups in total. The maximum Gasteiger partial charge on any atom is 0.273 e. The summed E-state index contributed by atoms with van der Waals surface area (Å²) in [5.41, 5.74) is 2.69. The van der Waals surface area contributed by atoms with Gasteiger partial charge in [-0.15, -0.1) is 11.3 Å². The standard InChI is InChI=1S/C17H24N4O2S/c1-12-8-13(2)21(19-12)9-14-6-4-5-7-20(14)17(22)15-11-24-16(18-15)10-23-3/h8,11,14H,4-7,9-10H2,1-3H3/t14-/m0/s1. The molecule has 1 atom stereocenters. The molecule has 0 aliphatic carbocycles. The highest BCUT2D eigenvalue weighted by Crippen LogP contribution is 2.22. The van der Waals surface area contributed by atoms with Crippen LogP contribution in [0.4, 0.5) is 0 Å². The van der Waals surface area contributed by atoms with E-state index in [4.69, 9.17) is 4.74 Å². The van der Waals surface area contributed by atoms with E-state index < -0.39 is 0 Å². The molecule has 3 rings (SSSR count). The quantitative estimate of drug-likeness (QED) is 0.834. The van der Waals surface area contributed by atoms with Crippen LogP contribution in [0.2, 0.25) is 0 Å². The van der Waals surface area contributed by atoms with Crippen LogP contribution >= 0.6 is 11.3 Å². The number of aromatic nitrogens is 3. The lowest BCUT2D eigenvalue weighted by Crippen LogP contribution is -2.46. The highest BCUT2D eigenvalue weighted by atomic mass is 32.1. The number of amides is 1. The van der Waals surface area contributed by atoms with Gasteiger partial charge in [0.15, 0.2) is 0 Å². The lowest BCUT2D eigenvalue weighted by atomic mass is 10.0. The van der Waals surface area contributed by atoms with Crippen molar-refractivity contribution < 1.29 is 9.53 Å². The first-order valence-corrected chi connectivity index (χ1v) is 9.22. The van der Waals surface area contributed by atoms with Crippen molar-refractivity contribution >= 4 is 17.2 Å². The van der Waals surface area contributed by atoms with Crippen LogP contribution in [0.3, 0.4) is 0 Å². The fourth-order valence-electron chi connectivity index (χ4n) is 3.26. The van der Waals surface area contributed by atoms with Gasteiger partial charge in [-0.05, 0) is 39.2 Å². The minimum Gasteiger partial charge on any atom is -0.378 e. The van der Waals surface area contributed by atoms with Crippen molar-refractivity contribution in [1.29, 1.82) is 0 Å². The Morgan fingerprint density at radius 2 is 2.25 bits per heavy atom. The molecular weight excluding hydrogens is 324 g/mol. The summed E-state index contributed by atoms with van der Waals surface area (Å²) in [7, 11) is 1.64. The Morgan fingerprint density at radius 3 is 2.96 bits per heavy atom. The fraction of sp³-hybridized carbons (Fsp3) is 0.588. The lowest BCUT2D eigenvalue weighted by molar-refractivity contribution is 0.0577. The van der Waals surface area contributed by atoms with E-state index in [9.17, 15) is 4.79 Å². The molecule has 2 aromatic rings. The number of carbonyl (C=O) groups excluding carboxylic acids is 1. The van der Waals surface area contributed by atoms with Crippen LogP contribution in [0.5, 0.6) is 0 Å². The first-order chi connectivity index (χ1) is 11.6. The molecule has 3 heterocycles. The molecule has 1 fully saturated rings. The van der Waals surface area contributed by atoms with Gasteiger partial charge in [-0.3, -0.25) is 9.48 Å². The number of nitrogens with zero attached hydrogens (tertiary/aromatic N) is 4. The third-order valence-corrected chi connectivity index (χ3v) is 5.24. The van der Waals surface area contributed by atoms with Crippen LogP contribution in [0.25, 0.3) is 0 Å². The number of hydrogen-bond acceptors (Lipinski definition) is 5. The molecule has 24 heavy (non-hydrogen) atoms. The van der Waals surface area contributed by atoms with E-state index in [0.29, 0.717) is 12.3 Å². The molecular formula is C17H24N4O2S. The van der Waals surface area contributed by atoms with Crippen molar-refractivity contribution in [3.8, 4) is 0 Å². The Morgan fingerprint density at radius 1 is 1.42 bits per heavy atom. The summed E-state index contributed by atoms with van der Waals surface area (Å²) in [6.07, 6.45) is 3.22. The van der Waals surface area contributed by atoms with Gasteiger partial charge >= 0.3 is 0 Å². The monoisotopic (exact) mass is 348 g/mol. The van der Waals surface area contributed by atoms with Gasteiger partial charge in [-0.2, -0.15) is 5.10 Å². The Balaban J connectivity index is 1.75. The largest absolute Gasteiger partial charge is 0.378 e. The average molecular weight is 348 g/mol. The van der Waals surface area contributed by atoms with E-state index in [0.717, 1.165) is 48.7 Å². The van der Waals surface area contributed by atoms with Gasteiger partial charge in [0.25, 0.3) is 5.91 Å². The Labute approximate surface area is 146 Å². The summed E-state index contributed by atoms with van der Waals surface area (Å²) < 4.78 is 7.11. The number of likely N-dealkylation sites (tertiary alicyclic amines) is 1. The zero-order chi connectivity index (χ0) is 17.1. The minimum atomic E-state index is 0.0276. The van der Waals surface area contributed by atoms with Crippen LogP contribution in [-0.4, -0.2) is 45.3 Å². The molecule has 0 bridgehead atoms. The number of carbonyl (C=O) groups is 1. The van der Waals surface area contributed by atoms with Gasteiger partial charge in [-0.25, -0.2) is 4.98 Å². The second-order valence-corrected chi connectivity index (χ2v) is 7.26. The summed E-state index contributed by atoms with van der Waals surface area (Å²) in [6, 6.07) is 2.25. The molecule has 1 aliphatic heterocycles. The van der Waals surface area contributed by atoms with Crippen LogP contribution < -0.4 is 0 Å². The maximum atomic E-state index is 12.9. The first kappa shape index (κ1) is 17.1. The van der Waals surface area contributed by atoms with E-state index in [1.165, 1.54) is 11.3 Å². The van der Waals surface area contributed by atoms with Crippen LogP contribution in [-0.2, 0) is 17.9 Å². The number of thiazole rings is 1. The van der Waals surface area contributed by atoms with Gasteiger partial charge in [0.1, 0.15) is 10.7 Å². The Bertz CT molecular complexity index is 709. The molecule has 0 spiro atoms. The van der Waals surface area contributed by atoms with E-state index in [-0.39, 0.29) is 11.9 Å². The molecule has 1 saturated heterocycles. The summed E-state index contributed by atoms with van der Waals surface area (Å²) in [4.78, 5) is 19.3. The van der Waals surface area contributed by atoms with Crippen molar-refractivity contribution in [3.05, 3.63) is 33.5 Å². The first-order valence-electron chi connectivity index (χ1n) is 8.34. The molecule has 130 valence electrons. The second-order valence-electron chi connectivity index (χ2n) is 6.32. The zero-order valence-electron chi connectivity index (χ0n) is 14.5. The Kier molecular flexibility index (Phi) is 5.30. The van der Waals surface area contributed by atoms with Crippen molar-refractivity contribution in [2.75, 3.05) is 13.7 Å². The predicted molar refractivity (Wildman–Crippen MR) is 93.2 cm³/mol. The van der Waals surface area contributed by atoms with Gasteiger partial charge in [-0.1, -0.05) is 0 Å². The SMILES string of the molecule is COCc1nc(C(=O)N2CCCC[C@H]2Cn2nc(C)cc2C)cs1. The lowest BCUT2D eigenvalue weighted by Gasteiger charge is -2.35. The van der Waals surface area contributed by atoms with E-state index in [1.54, 1.807) is 7.11 Å². The van der Waals surface area contributed by atoms with E-state index in [2.05, 4.69) is 23.1 Å². The molecule has 0 radical (unpaired) electrons. The molecule has 0 aromatic carbocycles. The van der Waals surface area contributed by atoms with Gasteiger partial charge in [0.2, 0.25) is 0 Å².